The number of nitrogens with one attached hydrogen (secondary N) is 1. The fourth-order valence-electron chi connectivity index (χ4n) is 2.46. The molecule has 0 bridgehead atoms. The van der Waals surface area contributed by atoms with E-state index in [1.54, 1.807) is 0 Å². The van der Waals surface area contributed by atoms with Crippen LogP contribution in [0.1, 0.15) is 43.5 Å². The van der Waals surface area contributed by atoms with Gasteiger partial charge in [0.2, 0.25) is 0 Å². The summed E-state index contributed by atoms with van der Waals surface area (Å²) in [7, 11) is 0. The second-order valence-electron chi connectivity index (χ2n) is 4.96. The van der Waals surface area contributed by atoms with Crippen molar-refractivity contribution in [2.75, 3.05) is 0 Å². The van der Waals surface area contributed by atoms with E-state index < -0.39 is 0 Å². The summed E-state index contributed by atoms with van der Waals surface area (Å²) in [6.45, 7) is 2.76. The molecule has 2 N–H and O–H groups in total. The Morgan fingerprint density at radius 1 is 1.29 bits per heavy atom. The molecule has 0 amide bonds. The zero-order chi connectivity index (χ0) is 12.1. The first kappa shape index (κ1) is 12.5. The standard InChI is InChI=1S/C14H22N2O/c1-11-6-5-7-12(16-11)10-15-13-8-3-2-4-9-14(13)17/h5-7,13-15,17H,2-4,8-10H2,1H3. The molecule has 0 aliphatic heterocycles. The molecule has 0 spiro atoms. The summed E-state index contributed by atoms with van der Waals surface area (Å²) in [6.07, 6.45) is 5.43. The van der Waals surface area contributed by atoms with Crippen molar-refractivity contribution in [3.05, 3.63) is 29.6 Å². The summed E-state index contributed by atoms with van der Waals surface area (Å²) in [4.78, 5) is 4.46. The number of aliphatic hydroxyl groups is 1. The van der Waals surface area contributed by atoms with Crippen LogP contribution in [0.5, 0.6) is 0 Å². The molecule has 1 fully saturated rings. The average molecular weight is 234 g/mol. The van der Waals surface area contributed by atoms with Crippen LogP contribution in [0.3, 0.4) is 0 Å². The monoisotopic (exact) mass is 234 g/mol. The van der Waals surface area contributed by atoms with Gasteiger partial charge in [0.1, 0.15) is 0 Å². The van der Waals surface area contributed by atoms with E-state index >= 15 is 0 Å². The number of pyridine rings is 1. The van der Waals surface area contributed by atoms with E-state index in [0.717, 1.165) is 37.2 Å². The minimum atomic E-state index is -0.192. The molecule has 2 atom stereocenters. The van der Waals surface area contributed by atoms with Crippen molar-refractivity contribution in [1.82, 2.24) is 10.3 Å². The molecule has 1 aromatic heterocycles. The Kier molecular flexibility index (Phi) is 4.51. The summed E-state index contributed by atoms with van der Waals surface area (Å²) in [5.74, 6) is 0. The Bertz CT molecular complexity index is 354. The normalized spacial score (nSPS) is 25.5. The van der Waals surface area contributed by atoms with Gasteiger partial charge in [0.25, 0.3) is 0 Å². The van der Waals surface area contributed by atoms with E-state index in [-0.39, 0.29) is 12.1 Å². The maximum absolute atomic E-state index is 10.00. The number of rotatable bonds is 3. The second kappa shape index (κ2) is 6.12. The van der Waals surface area contributed by atoms with Gasteiger partial charge in [0, 0.05) is 18.3 Å². The minimum absolute atomic E-state index is 0.192. The van der Waals surface area contributed by atoms with E-state index in [2.05, 4.69) is 10.3 Å². The number of aromatic nitrogens is 1. The lowest BCUT2D eigenvalue weighted by Gasteiger charge is -2.21. The first-order valence-corrected chi connectivity index (χ1v) is 6.60. The highest BCUT2D eigenvalue weighted by Crippen LogP contribution is 2.18. The second-order valence-corrected chi connectivity index (χ2v) is 4.96. The molecule has 0 radical (unpaired) electrons. The van der Waals surface area contributed by atoms with E-state index in [9.17, 15) is 5.11 Å². The van der Waals surface area contributed by atoms with Crippen molar-refractivity contribution in [2.45, 2.75) is 57.7 Å². The SMILES string of the molecule is Cc1cccc(CNC2CCCCCC2O)n1. The van der Waals surface area contributed by atoms with Gasteiger partial charge in [-0.15, -0.1) is 0 Å². The summed E-state index contributed by atoms with van der Waals surface area (Å²) in [5.41, 5.74) is 2.10. The molecular weight excluding hydrogens is 212 g/mol. The van der Waals surface area contributed by atoms with Gasteiger partial charge >= 0.3 is 0 Å². The summed E-state index contributed by atoms with van der Waals surface area (Å²) >= 11 is 0. The lowest BCUT2D eigenvalue weighted by atomic mass is 10.1. The molecule has 1 aliphatic carbocycles. The van der Waals surface area contributed by atoms with Gasteiger partial charge < -0.3 is 10.4 Å². The smallest absolute Gasteiger partial charge is 0.0693 e. The van der Waals surface area contributed by atoms with Crippen molar-refractivity contribution in [3.8, 4) is 0 Å². The minimum Gasteiger partial charge on any atom is -0.392 e. The van der Waals surface area contributed by atoms with Gasteiger partial charge in [-0.25, -0.2) is 0 Å². The van der Waals surface area contributed by atoms with Gasteiger partial charge in [-0.1, -0.05) is 25.3 Å². The number of aliphatic hydroxyl groups excluding tert-OH is 1. The summed E-state index contributed by atoms with van der Waals surface area (Å²) in [6, 6.07) is 6.30. The lowest BCUT2D eigenvalue weighted by molar-refractivity contribution is 0.119. The molecule has 0 saturated heterocycles. The van der Waals surface area contributed by atoms with Crippen LogP contribution in [0, 0.1) is 6.92 Å². The molecule has 3 heteroatoms. The zero-order valence-corrected chi connectivity index (χ0v) is 10.5. The zero-order valence-electron chi connectivity index (χ0n) is 10.5. The molecule has 1 aromatic rings. The van der Waals surface area contributed by atoms with Crippen LogP contribution in [0.4, 0.5) is 0 Å². The van der Waals surface area contributed by atoms with Gasteiger partial charge in [-0.3, -0.25) is 4.98 Å². The molecule has 17 heavy (non-hydrogen) atoms. The van der Waals surface area contributed by atoms with Crippen LogP contribution in [0.15, 0.2) is 18.2 Å². The van der Waals surface area contributed by atoms with E-state index in [1.807, 2.05) is 25.1 Å². The predicted octanol–water partition coefficient (Wildman–Crippen LogP) is 2.17. The van der Waals surface area contributed by atoms with E-state index in [1.165, 1.54) is 12.8 Å². The largest absolute Gasteiger partial charge is 0.392 e. The molecular formula is C14H22N2O. The molecule has 0 aromatic carbocycles. The van der Waals surface area contributed by atoms with Crippen LogP contribution in [0.25, 0.3) is 0 Å². The molecule has 2 rings (SSSR count). The number of hydrogen-bond donors (Lipinski definition) is 2. The Morgan fingerprint density at radius 2 is 2.12 bits per heavy atom. The Hall–Kier alpha value is -0.930. The van der Waals surface area contributed by atoms with Crippen LogP contribution in [-0.2, 0) is 6.54 Å². The first-order valence-electron chi connectivity index (χ1n) is 6.60. The summed E-state index contributed by atoms with van der Waals surface area (Å²) < 4.78 is 0. The topological polar surface area (TPSA) is 45.1 Å². The van der Waals surface area contributed by atoms with Crippen molar-refractivity contribution in [3.63, 3.8) is 0 Å². The van der Waals surface area contributed by atoms with Crippen LogP contribution < -0.4 is 5.32 Å². The molecule has 1 heterocycles. The molecule has 2 unspecified atom stereocenters. The van der Waals surface area contributed by atoms with Crippen LogP contribution in [0.2, 0.25) is 0 Å². The Morgan fingerprint density at radius 3 is 2.94 bits per heavy atom. The maximum Gasteiger partial charge on any atom is 0.0693 e. The highest BCUT2D eigenvalue weighted by atomic mass is 16.3. The van der Waals surface area contributed by atoms with Crippen LogP contribution in [-0.4, -0.2) is 22.2 Å². The quantitative estimate of drug-likeness (QED) is 0.788. The van der Waals surface area contributed by atoms with Crippen LogP contribution >= 0.6 is 0 Å². The summed E-state index contributed by atoms with van der Waals surface area (Å²) in [5, 5.41) is 13.4. The van der Waals surface area contributed by atoms with E-state index in [0.29, 0.717) is 0 Å². The average Bonchev–Trinajstić information content (AvgIpc) is 2.52. The number of aryl methyl sites for hydroxylation is 1. The molecule has 94 valence electrons. The first-order chi connectivity index (χ1) is 8.25. The number of hydrogen-bond acceptors (Lipinski definition) is 3. The van der Waals surface area contributed by atoms with Gasteiger partial charge in [0.05, 0.1) is 11.8 Å². The third-order valence-corrected chi connectivity index (χ3v) is 3.47. The van der Waals surface area contributed by atoms with Crippen molar-refractivity contribution in [1.29, 1.82) is 0 Å². The van der Waals surface area contributed by atoms with Gasteiger partial charge in [-0.2, -0.15) is 0 Å². The highest BCUT2D eigenvalue weighted by molar-refractivity contribution is 5.09. The van der Waals surface area contributed by atoms with Gasteiger partial charge in [-0.05, 0) is 31.9 Å². The van der Waals surface area contributed by atoms with Crippen molar-refractivity contribution < 1.29 is 5.11 Å². The fourth-order valence-corrected chi connectivity index (χ4v) is 2.46. The fraction of sp³-hybridized carbons (Fsp3) is 0.643. The third kappa shape index (κ3) is 3.79. The highest BCUT2D eigenvalue weighted by Gasteiger charge is 2.20. The lowest BCUT2D eigenvalue weighted by Crippen LogP contribution is -2.38. The van der Waals surface area contributed by atoms with Gasteiger partial charge in [0.15, 0.2) is 0 Å². The molecule has 1 saturated carbocycles. The van der Waals surface area contributed by atoms with Crippen molar-refractivity contribution >= 4 is 0 Å². The van der Waals surface area contributed by atoms with Crippen molar-refractivity contribution in [2.24, 2.45) is 0 Å². The molecule has 3 nitrogen and oxygen atoms in total. The molecule has 1 aliphatic rings. The Balaban J connectivity index is 1.88. The Labute approximate surface area is 103 Å². The third-order valence-electron chi connectivity index (χ3n) is 3.47. The maximum atomic E-state index is 10.00. The van der Waals surface area contributed by atoms with E-state index in [4.69, 9.17) is 0 Å². The predicted molar refractivity (Wildman–Crippen MR) is 68.7 cm³/mol. The number of nitrogens with zero attached hydrogens (tertiary/aromatic N) is 1.